The highest BCUT2D eigenvalue weighted by atomic mass is 32.1. The second kappa shape index (κ2) is 14.3. The van der Waals surface area contributed by atoms with Gasteiger partial charge in [-0.15, -0.1) is 21.5 Å². The van der Waals surface area contributed by atoms with Crippen molar-refractivity contribution in [3.8, 4) is 28.3 Å². The van der Waals surface area contributed by atoms with Crippen molar-refractivity contribution >= 4 is 33.4 Å². The molecule has 4 heterocycles. The van der Waals surface area contributed by atoms with Gasteiger partial charge in [0.15, 0.2) is 0 Å². The molecule has 10 nitrogen and oxygen atoms in total. The molecule has 46 heavy (non-hydrogen) atoms. The lowest BCUT2D eigenvalue weighted by Gasteiger charge is -2.18. The summed E-state index contributed by atoms with van der Waals surface area (Å²) in [5, 5.41) is 16.6. The van der Waals surface area contributed by atoms with Crippen LogP contribution >= 0.6 is 11.3 Å². The third-order valence-corrected chi connectivity index (χ3v) is 8.88. The number of ether oxygens (including phenoxy) is 3. The summed E-state index contributed by atoms with van der Waals surface area (Å²) in [7, 11) is 0. The number of amides is 2. The number of halogens is 2. The Balaban J connectivity index is 1.06. The van der Waals surface area contributed by atoms with Crippen molar-refractivity contribution in [1.29, 1.82) is 0 Å². The number of carbonyl (C=O) groups is 2. The Morgan fingerprint density at radius 3 is 2.85 bits per heavy atom. The van der Waals surface area contributed by atoms with Crippen LogP contribution < -0.4 is 15.4 Å². The zero-order valence-electron chi connectivity index (χ0n) is 25.0. The SMILES string of the molecule is C=CC(=O)N1CCC(OC(=O)NCCOCCOc2cc(F)ccc2-c2nnc(-c3ccc4c(c3)CCNC4)c3scc(F)c23)C1. The van der Waals surface area contributed by atoms with Gasteiger partial charge in [-0.2, -0.15) is 0 Å². The molecule has 1 atom stereocenters. The van der Waals surface area contributed by atoms with Crippen molar-refractivity contribution in [2.24, 2.45) is 0 Å². The van der Waals surface area contributed by atoms with Crippen molar-refractivity contribution in [2.45, 2.75) is 25.5 Å². The maximum atomic E-state index is 15.3. The maximum Gasteiger partial charge on any atom is 0.407 e. The molecule has 6 rings (SSSR count). The van der Waals surface area contributed by atoms with E-state index in [9.17, 15) is 14.0 Å². The average Bonchev–Trinajstić information content (AvgIpc) is 3.70. The summed E-state index contributed by atoms with van der Waals surface area (Å²) in [6.45, 7) is 6.63. The molecule has 0 spiro atoms. The molecule has 2 aromatic heterocycles. The third kappa shape index (κ3) is 7.01. The number of carbonyl (C=O) groups excluding carboxylic acids is 2. The minimum absolute atomic E-state index is 0.0703. The summed E-state index contributed by atoms with van der Waals surface area (Å²) >= 11 is 1.25. The first-order valence-electron chi connectivity index (χ1n) is 15.0. The molecule has 240 valence electrons. The topological polar surface area (TPSA) is 115 Å². The van der Waals surface area contributed by atoms with Crippen molar-refractivity contribution in [1.82, 2.24) is 25.7 Å². The van der Waals surface area contributed by atoms with Gasteiger partial charge in [-0.25, -0.2) is 13.6 Å². The highest BCUT2D eigenvalue weighted by molar-refractivity contribution is 7.17. The molecule has 4 aromatic rings. The number of nitrogens with one attached hydrogen (secondary N) is 2. The van der Waals surface area contributed by atoms with Crippen LogP contribution in [0.5, 0.6) is 5.75 Å². The first kappa shape index (κ1) is 31.5. The summed E-state index contributed by atoms with van der Waals surface area (Å²) < 4.78 is 47.0. The van der Waals surface area contributed by atoms with E-state index in [1.165, 1.54) is 52.1 Å². The zero-order valence-corrected chi connectivity index (χ0v) is 25.8. The van der Waals surface area contributed by atoms with Crippen molar-refractivity contribution in [2.75, 3.05) is 46.0 Å². The van der Waals surface area contributed by atoms with Gasteiger partial charge in [-0.1, -0.05) is 18.7 Å². The van der Waals surface area contributed by atoms with E-state index in [4.69, 9.17) is 14.2 Å². The van der Waals surface area contributed by atoms with Crippen LogP contribution in [0.15, 0.2) is 54.4 Å². The highest BCUT2D eigenvalue weighted by Crippen LogP contribution is 2.41. The van der Waals surface area contributed by atoms with E-state index < -0.39 is 17.7 Å². The normalized spacial score (nSPS) is 15.9. The van der Waals surface area contributed by atoms with Gasteiger partial charge < -0.3 is 29.7 Å². The van der Waals surface area contributed by atoms with Crippen molar-refractivity contribution < 1.29 is 32.6 Å². The lowest BCUT2D eigenvalue weighted by Crippen LogP contribution is -2.34. The van der Waals surface area contributed by atoms with Crippen molar-refractivity contribution in [3.63, 3.8) is 0 Å². The van der Waals surface area contributed by atoms with Crippen LogP contribution in [0.2, 0.25) is 0 Å². The third-order valence-electron chi connectivity index (χ3n) is 7.92. The fourth-order valence-corrected chi connectivity index (χ4v) is 6.55. The zero-order chi connectivity index (χ0) is 32.0. The Labute approximate surface area is 268 Å². The van der Waals surface area contributed by atoms with Crippen LogP contribution in [0.4, 0.5) is 13.6 Å². The molecule has 0 radical (unpaired) electrons. The first-order chi connectivity index (χ1) is 22.4. The Morgan fingerprint density at radius 1 is 1.11 bits per heavy atom. The van der Waals surface area contributed by atoms with Gasteiger partial charge in [0.2, 0.25) is 5.91 Å². The molecule has 1 unspecified atom stereocenters. The molecule has 0 aliphatic carbocycles. The van der Waals surface area contributed by atoms with Crippen LogP contribution in [-0.4, -0.2) is 79.2 Å². The van der Waals surface area contributed by atoms with Crippen LogP contribution in [0.3, 0.4) is 0 Å². The van der Waals surface area contributed by atoms with E-state index >= 15 is 4.39 Å². The molecule has 2 aromatic carbocycles. The van der Waals surface area contributed by atoms with E-state index in [1.54, 1.807) is 4.90 Å². The minimum atomic E-state index is -0.592. The summed E-state index contributed by atoms with van der Waals surface area (Å²) in [5.74, 6) is -0.962. The van der Waals surface area contributed by atoms with E-state index in [0.717, 1.165) is 25.1 Å². The molecule has 1 saturated heterocycles. The number of fused-ring (bicyclic) bond motifs is 2. The fraction of sp³-hybridized carbons (Fsp3) is 0.333. The summed E-state index contributed by atoms with van der Waals surface area (Å²) in [5.41, 5.74) is 4.60. The van der Waals surface area contributed by atoms with Crippen LogP contribution in [0.1, 0.15) is 17.5 Å². The van der Waals surface area contributed by atoms with Gasteiger partial charge in [0, 0.05) is 48.6 Å². The molecule has 2 aliphatic rings. The molecule has 2 aliphatic heterocycles. The van der Waals surface area contributed by atoms with Crippen molar-refractivity contribution in [3.05, 3.63) is 77.2 Å². The number of thiophene rings is 1. The number of likely N-dealkylation sites (tertiary alicyclic amines) is 1. The van der Waals surface area contributed by atoms with Gasteiger partial charge in [0.1, 0.15) is 41.5 Å². The number of benzene rings is 2. The lowest BCUT2D eigenvalue weighted by molar-refractivity contribution is -0.125. The van der Waals surface area contributed by atoms with E-state index in [2.05, 4.69) is 39.5 Å². The van der Waals surface area contributed by atoms with Crippen LogP contribution in [0, 0.1) is 11.6 Å². The highest BCUT2D eigenvalue weighted by Gasteiger charge is 2.27. The minimum Gasteiger partial charge on any atom is -0.490 e. The van der Waals surface area contributed by atoms with Crippen LogP contribution in [0.25, 0.3) is 32.6 Å². The molecular weight excluding hydrogens is 616 g/mol. The Bertz CT molecular complexity index is 1770. The second-order valence-corrected chi connectivity index (χ2v) is 11.8. The standard InChI is InChI=1S/C33H33F2N5O5S/c1-2-28(41)40-11-8-24(18-40)45-33(42)37-10-12-43-13-14-44-27-16-23(34)5-6-25(27)31-29-26(35)19-46-32(29)30(38-39-31)21-3-4-22-17-36-9-7-20(22)15-21/h2-6,15-16,19,24,36H,1,7-14,17-18H2,(H,37,42). The number of aromatic nitrogens is 2. The Morgan fingerprint density at radius 2 is 1.98 bits per heavy atom. The molecule has 0 bridgehead atoms. The predicted molar refractivity (Wildman–Crippen MR) is 170 cm³/mol. The van der Waals surface area contributed by atoms with Gasteiger partial charge >= 0.3 is 6.09 Å². The molecular formula is C33H33F2N5O5S. The van der Waals surface area contributed by atoms with E-state index in [1.807, 2.05) is 6.07 Å². The number of nitrogens with zero attached hydrogens (tertiary/aromatic N) is 3. The smallest absolute Gasteiger partial charge is 0.407 e. The maximum absolute atomic E-state index is 15.3. The quantitative estimate of drug-likeness (QED) is 0.175. The summed E-state index contributed by atoms with van der Waals surface area (Å²) in [6, 6.07) is 10.1. The predicted octanol–water partition coefficient (Wildman–Crippen LogP) is 4.86. The summed E-state index contributed by atoms with van der Waals surface area (Å²) in [6.07, 6.45) is 1.74. The molecule has 2 N–H and O–H groups in total. The van der Waals surface area contributed by atoms with Gasteiger partial charge in [-0.3, -0.25) is 4.79 Å². The average molecular weight is 650 g/mol. The summed E-state index contributed by atoms with van der Waals surface area (Å²) in [4.78, 5) is 25.3. The number of hydrogen-bond acceptors (Lipinski definition) is 9. The molecule has 0 saturated carbocycles. The van der Waals surface area contributed by atoms with Gasteiger partial charge in [-0.05, 0) is 48.4 Å². The van der Waals surface area contributed by atoms with Gasteiger partial charge in [0.05, 0.1) is 29.8 Å². The molecule has 13 heteroatoms. The fourth-order valence-electron chi connectivity index (χ4n) is 5.62. The Kier molecular flexibility index (Phi) is 9.81. The first-order valence-corrected chi connectivity index (χ1v) is 15.9. The second-order valence-electron chi connectivity index (χ2n) is 10.9. The monoisotopic (exact) mass is 649 g/mol. The Hall–Kier alpha value is -4.46. The number of hydrogen-bond donors (Lipinski definition) is 2. The number of alkyl carbamates (subject to hydrolysis) is 1. The van der Waals surface area contributed by atoms with Gasteiger partial charge in [0.25, 0.3) is 0 Å². The van der Waals surface area contributed by atoms with E-state index in [-0.39, 0.29) is 49.8 Å². The lowest BCUT2D eigenvalue weighted by atomic mass is 9.96. The van der Waals surface area contributed by atoms with Crippen LogP contribution in [-0.2, 0) is 27.2 Å². The molecule has 2 amide bonds. The largest absolute Gasteiger partial charge is 0.490 e. The van der Waals surface area contributed by atoms with E-state index in [0.29, 0.717) is 40.9 Å². The number of rotatable bonds is 11. The molecule has 1 fully saturated rings.